The molecule has 0 unspecified atom stereocenters. The maximum atomic E-state index is 12.6. The Labute approximate surface area is 244 Å². The lowest BCUT2D eigenvalue weighted by atomic mass is 9.72. The van der Waals surface area contributed by atoms with Crippen molar-refractivity contribution in [1.82, 2.24) is 14.0 Å². The maximum absolute atomic E-state index is 12.6. The summed E-state index contributed by atoms with van der Waals surface area (Å²) in [6.45, 7) is 2.54. The first-order valence-electron chi connectivity index (χ1n) is 14.3. The van der Waals surface area contributed by atoms with Gasteiger partial charge in [0.25, 0.3) is 5.56 Å². The van der Waals surface area contributed by atoms with Crippen molar-refractivity contribution in [3.05, 3.63) is 123 Å². The van der Waals surface area contributed by atoms with Gasteiger partial charge in [-0.3, -0.25) is 14.2 Å². The molecular weight excluding hydrogens is 530 g/mol. The highest BCUT2D eigenvalue weighted by Crippen LogP contribution is 2.41. The van der Waals surface area contributed by atoms with Gasteiger partial charge >= 0.3 is 5.69 Å². The number of nitrogens with two attached hydrogens (primary N) is 1. The highest BCUT2D eigenvalue weighted by molar-refractivity contribution is 5.90. The first-order valence-corrected chi connectivity index (χ1v) is 14.3. The molecular formula is C33H37N5O4. The number of nitrogens with zero attached hydrogens (tertiary/aromatic N) is 3. The fourth-order valence-electron chi connectivity index (χ4n) is 5.88. The van der Waals surface area contributed by atoms with Gasteiger partial charge in [-0.05, 0) is 80.2 Å². The third kappa shape index (κ3) is 6.07. The molecule has 1 saturated heterocycles. The number of aliphatic hydroxyl groups is 1. The number of rotatable bonds is 9. The molecule has 0 spiro atoms. The highest BCUT2D eigenvalue weighted by atomic mass is 16.3. The summed E-state index contributed by atoms with van der Waals surface area (Å²) in [5.74, 6) is 0.0597. The van der Waals surface area contributed by atoms with Crippen molar-refractivity contribution in [2.45, 2.75) is 31.3 Å². The zero-order valence-corrected chi connectivity index (χ0v) is 23.8. The molecule has 9 nitrogen and oxygen atoms in total. The second kappa shape index (κ2) is 12.6. The van der Waals surface area contributed by atoms with Gasteiger partial charge in [-0.1, -0.05) is 60.7 Å². The van der Waals surface area contributed by atoms with E-state index < -0.39 is 16.9 Å². The number of hydrogen-bond donors (Lipinski definition) is 3. The van der Waals surface area contributed by atoms with Crippen LogP contribution in [0, 0.1) is 5.92 Å². The van der Waals surface area contributed by atoms with Crippen LogP contribution < -0.4 is 22.3 Å². The number of amides is 1. The number of carbonyl (C=O) groups is 1. The molecule has 0 aliphatic carbocycles. The minimum atomic E-state index is -1.04. The van der Waals surface area contributed by atoms with E-state index in [1.54, 1.807) is 24.3 Å². The maximum Gasteiger partial charge on any atom is 0.336 e. The number of nitrogens with one attached hydrogen (secondary N) is 1. The molecule has 4 aromatic rings. The number of nitrogen functional groups attached to an aromatic ring is 1. The molecule has 1 aromatic heterocycles. The Kier molecular flexibility index (Phi) is 8.70. The zero-order valence-electron chi connectivity index (χ0n) is 23.8. The molecule has 0 bridgehead atoms. The number of aromatic nitrogens is 2. The Bertz CT molecular complexity index is 1580. The van der Waals surface area contributed by atoms with Crippen LogP contribution in [0.5, 0.6) is 0 Å². The van der Waals surface area contributed by atoms with Crippen LogP contribution in [0.1, 0.15) is 36.8 Å². The van der Waals surface area contributed by atoms with E-state index in [0.29, 0.717) is 17.8 Å². The van der Waals surface area contributed by atoms with Gasteiger partial charge in [0.1, 0.15) is 11.4 Å². The number of benzene rings is 3. The molecule has 1 amide bonds. The van der Waals surface area contributed by atoms with Gasteiger partial charge in [0.15, 0.2) is 0 Å². The van der Waals surface area contributed by atoms with Crippen LogP contribution in [-0.4, -0.2) is 44.7 Å². The van der Waals surface area contributed by atoms with Crippen molar-refractivity contribution in [1.29, 1.82) is 0 Å². The first kappa shape index (κ1) is 29.0. The first-order chi connectivity index (χ1) is 20.3. The molecule has 4 N–H and O–H groups in total. The molecule has 9 heteroatoms. The van der Waals surface area contributed by atoms with Crippen LogP contribution >= 0.6 is 0 Å². The Morgan fingerprint density at radius 1 is 0.929 bits per heavy atom. The van der Waals surface area contributed by atoms with Gasteiger partial charge in [-0.25, -0.2) is 9.36 Å². The second-order valence-electron chi connectivity index (χ2n) is 10.9. The number of hydrogen-bond acceptors (Lipinski definition) is 6. The van der Waals surface area contributed by atoms with Gasteiger partial charge in [0.05, 0.1) is 5.69 Å². The standard InChI is InChI=1S/C33H37N5O4/c1-36-31(40)23-29(34)38(32(36)41)28-16-14-27(15-17-28)35-30(39)13-8-20-37-21-18-26(19-22-37)33(42,24-9-4-2-5-10-24)25-11-6-3-7-12-25/h2-7,9-12,14-17,23,26,42H,8,13,18-22,34H2,1H3,(H,35,39). The lowest BCUT2D eigenvalue weighted by Crippen LogP contribution is -2.44. The molecule has 5 rings (SSSR count). The quantitative estimate of drug-likeness (QED) is 0.285. The normalized spacial score (nSPS) is 14.5. The van der Waals surface area contributed by atoms with Gasteiger partial charge in [-0.2, -0.15) is 0 Å². The molecule has 3 aromatic carbocycles. The average molecular weight is 568 g/mol. The van der Waals surface area contributed by atoms with Crippen molar-refractivity contribution in [3.63, 3.8) is 0 Å². The topological polar surface area (TPSA) is 123 Å². The molecule has 0 saturated carbocycles. The van der Waals surface area contributed by atoms with Crippen LogP contribution in [0.4, 0.5) is 11.5 Å². The van der Waals surface area contributed by atoms with Crippen molar-refractivity contribution in [2.75, 3.05) is 30.7 Å². The molecule has 1 aliphatic heterocycles. The smallest absolute Gasteiger partial charge is 0.336 e. The summed E-state index contributed by atoms with van der Waals surface area (Å²) in [6, 6.07) is 27.8. The van der Waals surface area contributed by atoms with Gasteiger partial charge < -0.3 is 21.1 Å². The fraction of sp³-hybridized carbons (Fsp3) is 0.303. The fourth-order valence-corrected chi connectivity index (χ4v) is 5.88. The molecule has 0 radical (unpaired) electrons. The Balaban J connectivity index is 1.13. The predicted octanol–water partition coefficient (Wildman–Crippen LogP) is 3.49. The third-order valence-electron chi connectivity index (χ3n) is 8.23. The Morgan fingerprint density at radius 2 is 1.50 bits per heavy atom. The summed E-state index contributed by atoms with van der Waals surface area (Å²) in [7, 11) is 1.40. The molecule has 1 aliphatic rings. The summed E-state index contributed by atoms with van der Waals surface area (Å²) in [5, 5.41) is 15.0. The van der Waals surface area contributed by atoms with E-state index in [9.17, 15) is 19.5 Å². The lowest BCUT2D eigenvalue weighted by molar-refractivity contribution is -0.116. The van der Waals surface area contributed by atoms with E-state index in [0.717, 1.165) is 54.6 Å². The molecule has 2 heterocycles. The monoisotopic (exact) mass is 567 g/mol. The van der Waals surface area contributed by atoms with E-state index in [2.05, 4.69) is 10.2 Å². The van der Waals surface area contributed by atoms with Crippen LogP contribution in [0.25, 0.3) is 5.69 Å². The molecule has 42 heavy (non-hydrogen) atoms. The lowest BCUT2D eigenvalue weighted by Gasteiger charge is -2.42. The van der Waals surface area contributed by atoms with Crippen LogP contribution in [0.3, 0.4) is 0 Å². The molecule has 218 valence electrons. The SMILES string of the molecule is Cn1c(=O)cc(N)n(-c2ccc(NC(=O)CCCN3CCC(C(O)(c4ccccc4)c4ccccc4)CC3)cc2)c1=O. The van der Waals surface area contributed by atoms with Gasteiger partial charge in [0.2, 0.25) is 5.91 Å². The van der Waals surface area contributed by atoms with E-state index in [1.165, 1.54) is 17.7 Å². The van der Waals surface area contributed by atoms with E-state index in [4.69, 9.17) is 5.73 Å². The Morgan fingerprint density at radius 3 is 2.07 bits per heavy atom. The highest BCUT2D eigenvalue weighted by Gasteiger charge is 2.41. The van der Waals surface area contributed by atoms with Crippen molar-refractivity contribution >= 4 is 17.4 Å². The van der Waals surface area contributed by atoms with Crippen LogP contribution in [0.2, 0.25) is 0 Å². The van der Waals surface area contributed by atoms with E-state index in [1.807, 2.05) is 60.7 Å². The van der Waals surface area contributed by atoms with Crippen molar-refractivity contribution < 1.29 is 9.90 Å². The van der Waals surface area contributed by atoms with Crippen LogP contribution in [-0.2, 0) is 17.4 Å². The van der Waals surface area contributed by atoms with Crippen molar-refractivity contribution in [3.8, 4) is 5.69 Å². The molecule has 0 atom stereocenters. The number of carbonyl (C=O) groups excluding carboxylic acids is 1. The van der Waals surface area contributed by atoms with Gasteiger partial charge in [0, 0.05) is 25.2 Å². The summed E-state index contributed by atoms with van der Waals surface area (Å²) >= 11 is 0. The minimum Gasteiger partial charge on any atom is -0.385 e. The minimum absolute atomic E-state index is 0.0497. The average Bonchev–Trinajstić information content (AvgIpc) is 3.01. The van der Waals surface area contributed by atoms with E-state index in [-0.39, 0.29) is 17.6 Å². The zero-order chi connectivity index (χ0) is 29.7. The Hall–Kier alpha value is -4.47. The summed E-state index contributed by atoms with van der Waals surface area (Å²) in [4.78, 5) is 39.2. The van der Waals surface area contributed by atoms with Crippen LogP contribution in [0.15, 0.2) is 101 Å². The molecule has 1 fully saturated rings. The third-order valence-corrected chi connectivity index (χ3v) is 8.23. The number of likely N-dealkylation sites (tertiary alicyclic amines) is 1. The summed E-state index contributed by atoms with van der Waals surface area (Å²) in [6.07, 6.45) is 2.83. The summed E-state index contributed by atoms with van der Waals surface area (Å²) in [5.41, 5.74) is 6.81. The van der Waals surface area contributed by atoms with Crippen molar-refractivity contribution in [2.24, 2.45) is 13.0 Å². The van der Waals surface area contributed by atoms with Gasteiger partial charge in [-0.15, -0.1) is 0 Å². The number of piperidine rings is 1. The second-order valence-corrected chi connectivity index (χ2v) is 10.9. The number of anilines is 2. The summed E-state index contributed by atoms with van der Waals surface area (Å²) < 4.78 is 2.23. The largest absolute Gasteiger partial charge is 0.385 e. The van der Waals surface area contributed by atoms with E-state index >= 15 is 0 Å². The predicted molar refractivity (Wildman–Crippen MR) is 165 cm³/mol.